The van der Waals surface area contributed by atoms with Gasteiger partial charge in [0.15, 0.2) is 11.9 Å². The van der Waals surface area contributed by atoms with E-state index in [-0.39, 0.29) is 12.7 Å². The number of aldehydes is 1. The van der Waals surface area contributed by atoms with Gasteiger partial charge in [0.25, 0.3) is 0 Å². The summed E-state index contributed by atoms with van der Waals surface area (Å²) in [5.74, 6) is 0.969. The van der Waals surface area contributed by atoms with Crippen molar-refractivity contribution in [3.05, 3.63) is 59.7 Å². The molecule has 29 heavy (non-hydrogen) atoms. The van der Waals surface area contributed by atoms with Crippen LogP contribution in [0.2, 0.25) is 0 Å². The number of benzene rings is 1. The molecule has 4 heterocycles. The van der Waals surface area contributed by atoms with Crippen molar-refractivity contribution in [2.24, 2.45) is 5.16 Å². The monoisotopic (exact) mass is 388 g/mol. The van der Waals surface area contributed by atoms with E-state index >= 15 is 0 Å². The average Bonchev–Trinajstić information content (AvgIpc) is 3.38. The Morgan fingerprint density at radius 1 is 1.21 bits per heavy atom. The zero-order chi connectivity index (χ0) is 19.8. The van der Waals surface area contributed by atoms with E-state index in [2.05, 4.69) is 25.4 Å². The van der Waals surface area contributed by atoms with Crippen LogP contribution >= 0.6 is 0 Å². The van der Waals surface area contributed by atoms with Crippen molar-refractivity contribution in [1.29, 1.82) is 0 Å². The predicted molar refractivity (Wildman–Crippen MR) is 104 cm³/mol. The first kappa shape index (κ1) is 17.2. The molecule has 0 aliphatic carbocycles. The SMILES string of the molecule is CC1CC(c2nnc3c4ccccc4c(OCc4ccc(C=O)cn4)nn23)=NO1. The molecule has 1 aliphatic heterocycles. The Kier molecular flexibility index (Phi) is 4.12. The molecular weight excluding hydrogens is 372 g/mol. The maximum Gasteiger partial charge on any atom is 0.240 e. The van der Waals surface area contributed by atoms with Gasteiger partial charge < -0.3 is 9.57 Å². The van der Waals surface area contributed by atoms with Crippen molar-refractivity contribution in [3.63, 3.8) is 0 Å². The van der Waals surface area contributed by atoms with Crippen LogP contribution in [0.1, 0.15) is 35.2 Å². The number of pyridine rings is 1. The second-order valence-electron chi connectivity index (χ2n) is 6.76. The van der Waals surface area contributed by atoms with E-state index in [1.807, 2.05) is 31.2 Å². The zero-order valence-electron chi connectivity index (χ0n) is 15.5. The van der Waals surface area contributed by atoms with Crippen molar-refractivity contribution < 1.29 is 14.4 Å². The molecule has 4 aromatic rings. The summed E-state index contributed by atoms with van der Waals surface area (Å²) in [7, 11) is 0. The van der Waals surface area contributed by atoms with E-state index in [4.69, 9.17) is 9.57 Å². The molecular formula is C20H16N6O3. The summed E-state index contributed by atoms with van der Waals surface area (Å²) in [5, 5.41) is 19.0. The van der Waals surface area contributed by atoms with Gasteiger partial charge in [0.1, 0.15) is 18.4 Å². The molecule has 0 spiro atoms. The molecule has 3 aromatic heterocycles. The standard InChI is InChI=1S/C20H16N6O3/c1-12-8-17(25-29-12)19-23-22-18-15-4-2-3-5-16(15)20(24-26(18)19)28-11-14-7-6-13(10-27)9-21-14/h2-7,9-10,12H,8,11H2,1H3. The van der Waals surface area contributed by atoms with Gasteiger partial charge in [0.05, 0.1) is 5.69 Å². The van der Waals surface area contributed by atoms with Gasteiger partial charge in [-0.2, -0.15) is 4.52 Å². The van der Waals surface area contributed by atoms with Crippen molar-refractivity contribution >= 4 is 28.4 Å². The topological polar surface area (TPSA) is 104 Å². The summed E-state index contributed by atoms with van der Waals surface area (Å²) in [5.41, 5.74) is 2.53. The van der Waals surface area contributed by atoms with Crippen LogP contribution in [-0.4, -0.2) is 42.9 Å². The lowest BCUT2D eigenvalue weighted by Gasteiger charge is -2.09. The van der Waals surface area contributed by atoms with Crippen molar-refractivity contribution in [2.75, 3.05) is 0 Å². The summed E-state index contributed by atoms with van der Waals surface area (Å²) in [6.45, 7) is 2.15. The Hall–Kier alpha value is -3.88. The highest BCUT2D eigenvalue weighted by molar-refractivity contribution is 6.01. The van der Waals surface area contributed by atoms with Gasteiger partial charge in [-0.25, -0.2) is 0 Å². The molecule has 1 unspecified atom stereocenters. The fraction of sp³-hybridized carbons (Fsp3) is 0.200. The Morgan fingerprint density at radius 3 is 2.79 bits per heavy atom. The number of hydrogen-bond donors (Lipinski definition) is 0. The second kappa shape index (κ2) is 6.93. The maximum atomic E-state index is 10.8. The summed E-state index contributed by atoms with van der Waals surface area (Å²) in [6.07, 6.45) is 2.90. The van der Waals surface area contributed by atoms with E-state index in [1.54, 1.807) is 16.6 Å². The number of nitrogens with zero attached hydrogens (tertiary/aromatic N) is 6. The van der Waals surface area contributed by atoms with Gasteiger partial charge >= 0.3 is 0 Å². The minimum atomic E-state index is -0.00561. The molecule has 0 radical (unpaired) electrons. The lowest BCUT2D eigenvalue weighted by molar-refractivity contribution is 0.0995. The lowest BCUT2D eigenvalue weighted by atomic mass is 10.2. The number of fused-ring (bicyclic) bond motifs is 3. The van der Waals surface area contributed by atoms with E-state index in [0.717, 1.165) is 17.1 Å². The van der Waals surface area contributed by atoms with E-state index in [1.165, 1.54) is 6.20 Å². The first-order chi connectivity index (χ1) is 14.2. The maximum absolute atomic E-state index is 10.8. The molecule has 1 aromatic carbocycles. The number of carbonyl (C=O) groups is 1. The van der Waals surface area contributed by atoms with Gasteiger partial charge in [-0.1, -0.05) is 23.4 Å². The predicted octanol–water partition coefficient (Wildman–Crippen LogP) is 2.58. The van der Waals surface area contributed by atoms with Crippen molar-refractivity contribution in [2.45, 2.75) is 26.1 Å². The van der Waals surface area contributed by atoms with Gasteiger partial charge in [0, 0.05) is 29.0 Å². The largest absolute Gasteiger partial charge is 0.470 e. The number of carbonyl (C=O) groups excluding carboxylic acids is 1. The smallest absolute Gasteiger partial charge is 0.240 e. The van der Waals surface area contributed by atoms with Gasteiger partial charge in [-0.15, -0.1) is 15.3 Å². The normalized spacial score (nSPS) is 16.0. The van der Waals surface area contributed by atoms with Gasteiger partial charge in [-0.05, 0) is 25.1 Å². The van der Waals surface area contributed by atoms with E-state index in [9.17, 15) is 4.79 Å². The quantitative estimate of drug-likeness (QED) is 0.484. The summed E-state index contributed by atoms with van der Waals surface area (Å²) in [6, 6.07) is 11.2. The zero-order valence-corrected chi connectivity index (χ0v) is 15.5. The Morgan fingerprint density at radius 2 is 2.07 bits per heavy atom. The van der Waals surface area contributed by atoms with Gasteiger partial charge in [-0.3, -0.25) is 9.78 Å². The Labute approximate surface area is 165 Å². The summed E-state index contributed by atoms with van der Waals surface area (Å²) < 4.78 is 7.63. The van der Waals surface area contributed by atoms with Crippen LogP contribution in [0.25, 0.3) is 16.4 Å². The second-order valence-corrected chi connectivity index (χ2v) is 6.76. The van der Waals surface area contributed by atoms with Crippen LogP contribution in [0.15, 0.2) is 47.8 Å². The number of hydrogen-bond acceptors (Lipinski definition) is 8. The minimum absolute atomic E-state index is 0.00561. The van der Waals surface area contributed by atoms with Crippen LogP contribution in [-0.2, 0) is 11.4 Å². The molecule has 0 fully saturated rings. The third-order valence-corrected chi connectivity index (χ3v) is 4.65. The van der Waals surface area contributed by atoms with Crippen molar-refractivity contribution in [3.8, 4) is 5.88 Å². The summed E-state index contributed by atoms with van der Waals surface area (Å²) >= 11 is 0. The molecule has 0 bridgehead atoms. The molecule has 1 atom stereocenters. The average molecular weight is 388 g/mol. The highest BCUT2D eigenvalue weighted by atomic mass is 16.6. The first-order valence-corrected chi connectivity index (χ1v) is 9.13. The molecule has 0 amide bonds. The molecule has 9 nitrogen and oxygen atoms in total. The van der Waals surface area contributed by atoms with Crippen molar-refractivity contribution in [1.82, 2.24) is 24.8 Å². The van der Waals surface area contributed by atoms with Crippen LogP contribution in [0.4, 0.5) is 0 Å². The summed E-state index contributed by atoms with van der Waals surface area (Å²) in [4.78, 5) is 20.3. The van der Waals surface area contributed by atoms with Crippen LogP contribution in [0.3, 0.4) is 0 Å². The fourth-order valence-electron chi connectivity index (χ4n) is 3.20. The lowest BCUT2D eigenvalue weighted by Crippen LogP contribution is -2.10. The fourth-order valence-corrected chi connectivity index (χ4v) is 3.20. The first-order valence-electron chi connectivity index (χ1n) is 9.13. The Bertz CT molecular complexity index is 1250. The molecule has 5 rings (SSSR count). The molecule has 9 heteroatoms. The third-order valence-electron chi connectivity index (χ3n) is 4.65. The third kappa shape index (κ3) is 3.06. The molecule has 144 valence electrons. The molecule has 0 saturated carbocycles. The highest BCUT2D eigenvalue weighted by Crippen LogP contribution is 2.27. The number of aromatic nitrogens is 5. The Balaban J connectivity index is 1.56. The van der Waals surface area contributed by atoms with E-state index in [0.29, 0.717) is 40.7 Å². The molecule has 1 aliphatic rings. The molecule has 0 N–H and O–H groups in total. The number of ether oxygens (including phenoxy) is 1. The number of rotatable bonds is 5. The number of oxime groups is 1. The van der Waals surface area contributed by atoms with Gasteiger partial charge in [0.2, 0.25) is 11.7 Å². The highest BCUT2D eigenvalue weighted by Gasteiger charge is 2.24. The molecule has 0 saturated heterocycles. The van der Waals surface area contributed by atoms with Crippen LogP contribution < -0.4 is 4.74 Å². The minimum Gasteiger partial charge on any atom is -0.470 e. The van der Waals surface area contributed by atoms with E-state index < -0.39 is 0 Å². The van der Waals surface area contributed by atoms with Crippen LogP contribution in [0, 0.1) is 0 Å². The van der Waals surface area contributed by atoms with Crippen LogP contribution in [0.5, 0.6) is 5.88 Å².